The van der Waals surface area contributed by atoms with Gasteiger partial charge in [-0.2, -0.15) is 0 Å². The number of carbonyl (C=O) groups excluding carboxylic acids is 2. The molecule has 24 heavy (non-hydrogen) atoms. The average molecular weight is 330 g/mol. The Balaban J connectivity index is 1.85. The van der Waals surface area contributed by atoms with Gasteiger partial charge >= 0.3 is 0 Å². The monoisotopic (exact) mass is 330 g/mol. The zero-order valence-corrected chi connectivity index (χ0v) is 15.5. The molecular formula is C20H30N2O2. The first-order valence-electron chi connectivity index (χ1n) is 9.40. The predicted molar refractivity (Wildman–Crippen MR) is 94.9 cm³/mol. The number of piperazine rings is 1. The molecule has 2 aliphatic carbocycles. The van der Waals surface area contributed by atoms with Crippen molar-refractivity contribution in [3.05, 3.63) is 22.5 Å². The third kappa shape index (κ3) is 3.03. The van der Waals surface area contributed by atoms with Crippen molar-refractivity contribution < 1.29 is 9.59 Å². The number of allylic oxidation sites excluding steroid dienone is 4. The minimum absolute atomic E-state index is 0.0794. The summed E-state index contributed by atoms with van der Waals surface area (Å²) in [6.07, 6.45) is 6.67. The van der Waals surface area contributed by atoms with E-state index in [1.165, 1.54) is 24.0 Å². The molecule has 2 atom stereocenters. The molecule has 1 aliphatic heterocycles. The Bertz CT molecular complexity index is 563. The van der Waals surface area contributed by atoms with Crippen molar-refractivity contribution in [1.82, 2.24) is 9.80 Å². The Kier molecular flexibility index (Phi) is 4.84. The normalized spacial score (nSPS) is 29.7. The van der Waals surface area contributed by atoms with E-state index in [0.717, 1.165) is 37.1 Å². The summed E-state index contributed by atoms with van der Waals surface area (Å²) < 4.78 is 0. The van der Waals surface area contributed by atoms with Gasteiger partial charge in [-0.25, -0.2) is 0 Å². The lowest BCUT2D eigenvalue weighted by molar-refractivity contribution is -0.147. The molecule has 0 aromatic carbocycles. The van der Waals surface area contributed by atoms with Crippen LogP contribution >= 0.6 is 0 Å². The van der Waals surface area contributed by atoms with Crippen LogP contribution in [0.5, 0.6) is 0 Å². The van der Waals surface area contributed by atoms with Crippen LogP contribution < -0.4 is 0 Å². The molecule has 132 valence electrons. The van der Waals surface area contributed by atoms with Crippen molar-refractivity contribution in [1.29, 1.82) is 0 Å². The largest absolute Gasteiger partial charge is 0.305 e. The van der Waals surface area contributed by atoms with Gasteiger partial charge in [0.2, 0.25) is 11.8 Å². The summed E-state index contributed by atoms with van der Waals surface area (Å²) in [5.74, 6) is 0.903. The van der Waals surface area contributed by atoms with Gasteiger partial charge in [-0.1, -0.05) is 25.0 Å². The number of amides is 2. The van der Waals surface area contributed by atoms with Gasteiger partial charge in [-0.05, 0) is 64.2 Å². The molecule has 0 bridgehead atoms. The highest BCUT2D eigenvalue weighted by Gasteiger charge is 2.38. The first-order valence-corrected chi connectivity index (χ1v) is 9.40. The average Bonchev–Trinajstić information content (AvgIpc) is 2.51. The predicted octanol–water partition coefficient (Wildman–Crippen LogP) is 3.85. The molecule has 0 aromatic rings. The quantitative estimate of drug-likeness (QED) is 0.772. The fourth-order valence-corrected chi connectivity index (χ4v) is 4.77. The second-order valence-corrected chi connectivity index (χ2v) is 7.88. The second-order valence-electron chi connectivity index (χ2n) is 7.88. The van der Waals surface area contributed by atoms with Crippen LogP contribution in [0.2, 0.25) is 0 Å². The fraction of sp³-hybridized carbons (Fsp3) is 0.700. The Labute approximate surface area is 145 Å². The highest BCUT2D eigenvalue weighted by molar-refractivity contribution is 5.95. The maximum Gasteiger partial charge on any atom is 0.247 e. The van der Waals surface area contributed by atoms with Gasteiger partial charge in [-0.3, -0.25) is 9.59 Å². The van der Waals surface area contributed by atoms with Gasteiger partial charge in [0.15, 0.2) is 0 Å². The zero-order chi connectivity index (χ0) is 17.4. The van der Waals surface area contributed by atoms with Crippen molar-refractivity contribution in [2.45, 2.75) is 66.2 Å². The lowest BCUT2D eigenvalue weighted by atomic mass is 9.86. The number of hydrogen-bond acceptors (Lipinski definition) is 2. The van der Waals surface area contributed by atoms with Crippen molar-refractivity contribution in [2.24, 2.45) is 11.8 Å². The van der Waals surface area contributed by atoms with Gasteiger partial charge in [0.25, 0.3) is 0 Å². The highest BCUT2D eigenvalue weighted by Crippen LogP contribution is 2.36. The molecular weight excluding hydrogens is 300 g/mol. The Morgan fingerprint density at radius 1 is 0.750 bits per heavy atom. The Morgan fingerprint density at radius 2 is 1.12 bits per heavy atom. The second kappa shape index (κ2) is 6.73. The van der Waals surface area contributed by atoms with E-state index in [0.29, 0.717) is 11.8 Å². The van der Waals surface area contributed by atoms with Crippen molar-refractivity contribution in [3.63, 3.8) is 0 Å². The first-order chi connectivity index (χ1) is 11.4. The molecule has 0 N–H and O–H groups in total. The lowest BCUT2D eigenvalue weighted by Crippen LogP contribution is -2.54. The molecule has 1 saturated heterocycles. The van der Waals surface area contributed by atoms with E-state index in [-0.39, 0.29) is 24.9 Å². The molecule has 0 aromatic heterocycles. The van der Waals surface area contributed by atoms with Gasteiger partial charge in [-0.15, -0.1) is 0 Å². The maximum atomic E-state index is 12.9. The van der Waals surface area contributed by atoms with Gasteiger partial charge in [0.1, 0.15) is 13.1 Å². The van der Waals surface area contributed by atoms with Crippen LogP contribution in [0.1, 0.15) is 66.2 Å². The van der Waals surface area contributed by atoms with Crippen molar-refractivity contribution in [2.75, 3.05) is 13.1 Å². The van der Waals surface area contributed by atoms with Crippen LogP contribution in [-0.2, 0) is 9.59 Å². The molecule has 3 rings (SSSR count). The molecule has 4 heteroatoms. The standard InChI is InChI=1S/C20H30N2O2/c1-13-7-5-8-14(2)19(13)21-11-18(24)22(12-17(21)23)20-15(3)9-6-10-16(20)4/h13,15H,5-12H2,1-4H3. The molecule has 1 heterocycles. The SMILES string of the molecule is CC1=C(N2CC(=O)N(C3=C(C)CCCC3C)CC2=O)C(C)CCC1. The van der Waals surface area contributed by atoms with E-state index < -0.39 is 0 Å². The summed E-state index contributed by atoms with van der Waals surface area (Å²) >= 11 is 0. The van der Waals surface area contributed by atoms with Crippen molar-refractivity contribution in [3.8, 4) is 0 Å². The molecule has 0 radical (unpaired) electrons. The van der Waals surface area contributed by atoms with E-state index in [9.17, 15) is 9.59 Å². The number of hydrogen-bond donors (Lipinski definition) is 0. The smallest absolute Gasteiger partial charge is 0.247 e. The molecule has 2 amide bonds. The van der Waals surface area contributed by atoms with E-state index in [4.69, 9.17) is 0 Å². The van der Waals surface area contributed by atoms with Crippen LogP contribution in [0.15, 0.2) is 22.5 Å². The minimum Gasteiger partial charge on any atom is -0.305 e. The van der Waals surface area contributed by atoms with Crippen molar-refractivity contribution >= 4 is 11.8 Å². The fourth-order valence-electron chi connectivity index (χ4n) is 4.77. The highest BCUT2D eigenvalue weighted by atomic mass is 16.2. The summed E-state index contributed by atoms with van der Waals surface area (Å²) in [4.78, 5) is 29.3. The molecule has 1 fully saturated rings. The first kappa shape index (κ1) is 17.2. The number of nitrogens with zero attached hydrogens (tertiary/aromatic N) is 2. The van der Waals surface area contributed by atoms with E-state index >= 15 is 0 Å². The van der Waals surface area contributed by atoms with Crippen LogP contribution in [-0.4, -0.2) is 34.7 Å². The minimum atomic E-state index is 0.0794. The Hall–Kier alpha value is -1.58. The maximum absolute atomic E-state index is 12.9. The summed E-state index contributed by atoms with van der Waals surface area (Å²) in [6.45, 7) is 9.00. The summed E-state index contributed by atoms with van der Waals surface area (Å²) in [6, 6.07) is 0. The molecule has 4 nitrogen and oxygen atoms in total. The van der Waals surface area contributed by atoms with Gasteiger partial charge in [0, 0.05) is 11.4 Å². The third-order valence-corrected chi connectivity index (χ3v) is 5.96. The summed E-state index contributed by atoms with van der Waals surface area (Å²) in [5, 5.41) is 0. The number of rotatable bonds is 2. The summed E-state index contributed by atoms with van der Waals surface area (Å²) in [5.41, 5.74) is 4.79. The van der Waals surface area contributed by atoms with Crippen LogP contribution in [0.4, 0.5) is 0 Å². The Morgan fingerprint density at radius 3 is 1.46 bits per heavy atom. The molecule has 3 aliphatic rings. The van der Waals surface area contributed by atoms with Crippen LogP contribution in [0.25, 0.3) is 0 Å². The van der Waals surface area contributed by atoms with Crippen LogP contribution in [0, 0.1) is 11.8 Å². The van der Waals surface area contributed by atoms with Gasteiger partial charge in [0.05, 0.1) is 0 Å². The zero-order valence-electron chi connectivity index (χ0n) is 15.5. The molecule has 0 saturated carbocycles. The van der Waals surface area contributed by atoms with E-state index in [1.54, 1.807) is 9.80 Å². The van der Waals surface area contributed by atoms with Crippen LogP contribution in [0.3, 0.4) is 0 Å². The molecule has 0 spiro atoms. The lowest BCUT2D eigenvalue weighted by Gasteiger charge is -2.42. The summed E-state index contributed by atoms with van der Waals surface area (Å²) in [7, 11) is 0. The topological polar surface area (TPSA) is 40.6 Å². The number of carbonyl (C=O) groups is 2. The van der Waals surface area contributed by atoms with E-state index in [2.05, 4.69) is 27.7 Å². The molecule has 2 unspecified atom stereocenters. The van der Waals surface area contributed by atoms with E-state index in [1.807, 2.05) is 0 Å². The van der Waals surface area contributed by atoms with Gasteiger partial charge < -0.3 is 9.80 Å². The third-order valence-electron chi connectivity index (χ3n) is 5.96.